The van der Waals surface area contributed by atoms with Crippen molar-refractivity contribution in [3.63, 3.8) is 0 Å². The van der Waals surface area contributed by atoms with E-state index in [1.165, 1.54) is 0 Å². The van der Waals surface area contributed by atoms with Crippen molar-refractivity contribution >= 4 is 40.1 Å². The molecule has 0 amide bonds. The lowest BCUT2D eigenvalue weighted by atomic mass is 10.3. The highest BCUT2D eigenvalue weighted by Crippen LogP contribution is 2.20. The van der Waals surface area contributed by atoms with Crippen molar-refractivity contribution in [2.75, 3.05) is 25.7 Å². The molecule has 0 radical (unpaired) electrons. The number of pyridine rings is 1. The van der Waals surface area contributed by atoms with Crippen LogP contribution in [-0.2, 0) is 5.75 Å². The fraction of sp³-hybridized carbons (Fsp3) is 0.455. The van der Waals surface area contributed by atoms with E-state index in [0.717, 1.165) is 33.0 Å². The van der Waals surface area contributed by atoms with Gasteiger partial charge in [-0.2, -0.15) is 11.8 Å². The van der Waals surface area contributed by atoms with Crippen molar-refractivity contribution in [2.24, 2.45) is 0 Å². The lowest BCUT2D eigenvalue weighted by Gasteiger charge is -2.06. The van der Waals surface area contributed by atoms with Crippen molar-refractivity contribution in [3.8, 4) is 5.75 Å². The molecule has 0 unspecified atom stereocenters. The molecule has 0 saturated carbocycles. The van der Waals surface area contributed by atoms with E-state index in [4.69, 9.17) is 17.0 Å². The second-order valence-corrected chi connectivity index (χ2v) is 5.97. The summed E-state index contributed by atoms with van der Waals surface area (Å²) in [7, 11) is 3.52. The molecule has 0 saturated heterocycles. The monoisotopic (exact) mass is 288 g/mol. The first kappa shape index (κ1) is 14.6. The highest BCUT2D eigenvalue weighted by Gasteiger charge is 2.03. The molecule has 0 aliphatic heterocycles. The number of nitrogens with zero attached hydrogens (tertiary/aromatic N) is 1. The van der Waals surface area contributed by atoms with E-state index in [2.05, 4.69) is 10.3 Å². The van der Waals surface area contributed by atoms with E-state index in [1.807, 2.05) is 30.9 Å². The quantitative estimate of drug-likeness (QED) is 0.640. The predicted molar refractivity (Wildman–Crippen MR) is 81.1 cm³/mol. The van der Waals surface area contributed by atoms with E-state index in [9.17, 15) is 0 Å². The van der Waals surface area contributed by atoms with E-state index >= 15 is 0 Å². The minimum absolute atomic E-state index is 0.848. The van der Waals surface area contributed by atoms with Gasteiger partial charge in [0.15, 0.2) is 0 Å². The molecule has 17 heavy (non-hydrogen) atoms. The van der Waals surface area contributed by atoms with Gasteiger partial charge in [-0.1, -0.05) is 24.0 Å². The highest BCUT2D eigenvalue weighted by atomic mass is 32.2. The first-order valence-corrected chi connectivity index (χ1v) is 7.73. The zero-order valence-corrected chi connectivity index (χ0v) is 12.4. The molecule has 0 bridgehead atoms. The fourth-order valence-electron chi connectivity index (χ4n) is 1.15. The van der Waals surface area contributed by atoms with E-state index < -0.39 is 0 Å². The van der Waals surface area contributed by atoms with Crippen LogP contribution in [0.4, 0.5) is 0 Å². The number of rotatable bonds is 6. The fourth-order valence-corrected chi connectivity index (χ4v) is 3.09. The van der Waals surface area contributed by atoms with Crippen molar-refractivity contribution in [1.29, 1.82) is 0 Å². The van der Waals surface area contributed by atoms with Crippen molar-refractivity contribution in [1.82, 2.24) is 10.3 Å². The molecule has 1 aromatic rings. The number of thiocarbonyl (C=S) groups is 1. The normalized spacial score (nSPS) is 10.0. The Balaban J connectivity index is 2.24. The molecule has 0 aliphatic carbocycles. The van der Waals surface area contributed by atoms with Crippen molar-refractivity contribution in [2.45, 2.75) is 5.75 Å². The van der Waals surface area contributed by atoms with Crippen LogP contribution in [0.5, 0.6) is 5.75 Å². The van der Waals surface area contributed by atoms with Gasteiger partial charge in [0.2, 0.25) is 0 Å². The largest absolute Gasteiger partial charge is 0.495 e. The summed E-state index contributed by atoms with van der Waals surface area (Å²) >= 11 is 8.56. The van der Waals surface area contributed by atoms with E-state index in [-0.39, 0.29) is 0 Å². The highest BCUT2D eigenvalue weighted by molar-refractivity contribution is 8.23. The summed E-state index contributed by atoms with van der Waals surface area (Å²) in [6.07, 6.45) is 1.79. The molecule has 0 aliphatic rings. The molecule has 0 fully saturated rings. The summed E-state index contributed by atoms with van der Waals surface area (Å²) in [6, 6.07) is 3.82. The van der Waals surface area contributed by atoms with Gasteiger partial charge in [0.05, 0.1) is 12.8 Å². The van der Waals surface area contributed by atoms with Gasteiger partial charge in [-0.25, -0.2) is 0 Å². The summed E-state index contributed by atoms with van der Waals surface area (Å²) < 4.78 is 6.09. The molecular weight excluding hydrogens is 272 g/mol. The molecule has 6 heteroatoms. The molecule has 1 rings (SSSR count). The van der Waals surface area contributed by atoms with E-state index in [1.54, 1.807) is 25.1 Å². The third-order valence-corrected chi connectivity index (χ3v) is 4.63. The maximum absolute atomic E-state index is 5.25. The summed E-state index contributed by atoms with van der Waals surface area (Å²) in [5, 5.41) is 2.94. The maximum atomic E-state index is 5.25. The first-order chi connectivity index (χ1) is 8.27. The van der Waals surface area contributed by atoms with Gasteiger partial charge in [-0.3, -0.25) is 4.98 Å². The van der Waals surface area contributed by atoms with Gasteiger partial charge in [0, 0.05) is 30.5 Å². The number of aromatic nitrogens is 1. The minimum atomic E-state index is 0.848. The van der Waals surface area contributed by atoms with Gasteiger partial charge < -0.3 is 10.1 Å². The van der Waals surface area contributed by atoms with Crippen LogP contribution in [0.15, 0.2) is 18.3 Å². The number of methoxy groups -OCH3 is 1. The lowest BCUT2D eigenvalue weighted by Crippen LogP contribution is -2.11. The Labute approximate surface area is 116 Å². The Morgan fingerprint density at radius 1 is 1.53 bits per heavy atom. The SMILES string of the molecule is CNC(=S)SCCSCc1ncccc1OC. The Morgan fingerprint density at radius 2 is 2.35 bits per heavy atom. The average Bonchev–Trinajstić information content (AvgIpc) is 2.38. The van der Waals surface area contributed by atoms with Crippen LogP contribution in [0, 0.1) is 0 Å². The summed E-state index contributed by atoms with van der Waals surface area (Å²) in [4.78, 5) is 4.31. The van der Waals surface area contributed by atoms with Crippen LogP contribution in [0.3, 0.4) is 0 Å². The average molecular weight is 288 g/mol. The van der Waals surface area contributed by atoms with Crippen LogP contribution in [0.25, 0.3) is 0 Å². The zero-order valence-electron chi connectivity index (χ0n) is 9.93. The third kappa shape index (κ3) is 5.61. The number of nitrogens with one attached hydrogen (secondary N) is 1. The number of thioether (sulfide) groups is 2. The Morgan fingerprint density at radius 3 is 3.06 bits per heavy atom. The maximum Gasteiger partial charge on any atom is 0.141 e. The van der Waals surface area contributed by atoms with Crippen molar-refractivity contribution < 1.29 is 4.74 Å². The van der Waals surface area contributed by atoms with Gasteiger partial charge in [0.1, 0.15) is 10.1 Å². The van der Waals surface area contributed by atoms with Crippen LogP contribution in [0.1, 0.15) is 5.69 Å². The molecule has 0 aromatic carbocycles. The van der Waals surface area contributed by atoms with Gasteiger partial charge >= 0.3 is 0 Å². The number of ether oxygens (including phenoxy) is 1. The summed E-state index contributed by atoms with van der Waals surface area (Å²) in [5.41, 5.74) is 1.00. The minimum Gasteiger partial charge on any atom is -0.495 e. The lowest BCUT2D eigenvalue weighted by molar-refractivity contribution is 0.409. The van der Waals surface area contributed by atoms with Gasteiger partial charge in [-0.05, 0) is 12.1 Å². The molecule has 0 spiro atoms. The zero-order chi connectivity index (χ0) is 12.5. The van der Waals surface area contributed by atoms with Crippen molar-refractivity contribution in [3.05, 3.63) is 24.0 Å². The second-order valence-electron chi connectivity index (χ2n) is 3.09. The summed E-state index contributed by atoms with van der Waals surface area (Å²) in [5.74, 6) is 3.79. The second kappa shape index (κ2) is 8.60. The van der Waals surface area contributed by atoms with Crippen LogP contribution < -0.4 is 10.1 Å². The molecule has 1 aromatic heterocycles. The molecule has 1 N–H and O–H groups in total. The summed E-state index contributed by atoms with van der Waals surface area (Å²) in [6.45, 7) is 0. The number of hydrogen-bond acceptors (Lipinski definition) is 5. The number of hydrogen-bond donors (Lipinski definition) is 1. The van der Waals surface area contributed by atoms with Crippen LogP contribution in [0.2, 0.25) is 0 Å². The molecule has 1 heterocycles. The van der Waals surface area contributed by atoms with E-state index in [0.29, 0.717) is 0 Å². The Bertz CT molecular complexity index is 360. The smallest absolute Gasteiger partial charge is 0.141 e. The molecule has 3 nitrogen and oxygen atoms in total. The first-order valence-electron chi connectivity index (χ1n) is 5.18. The standard InChI is InChI=1S/C11H16N2OS3/c1-12-11(15)17-7-6-16-8-9-10(14-2)4-3-5-13-9/h3-5H,6-8H2,1-2H3,(H,12,15). The van der Waals surface area contributed by atoms with Gasteiger partial charge in [0.25, 0.3) is 0 Å². The Hall–Kier alpha value is -0.460. The van der Waals surface area contributed by atoms with Crippen LogP contribution in [-0.4, -0.2) is 35.0 Å². The van der Waals surface area contributed by atoms with Crippen LogP contribution >= 0.6 is 35.7 Å². The topological polar surface area (TPSA) is 34.2 Å². The molecular formula is C11H16N2OS3. The molecule has 94 valence electrons. The predicted octanol–water partition coefficient (Wildman–Crippen LogP) is 2.56. The molecule has 0 atom stereocenters. The Kier molecular flexibility index (Phi) is 7.39. The van der Waals surface area contributed by atoms with Gasteiger partial charge in [-0.15, -0.1) is 0 Å². The third-order valence-electron chi connectivity index (χ3n) is 1.97.